The number of nitrogens with zero attached hydrogens (tertiary/aromatic N) is 1. The third-order valence-electron chi connectivity index (χ3n) is 3.36. The molecule has 1 aromatic heterocycles. The lowest BCUT2D eigenvalue weighted by Crippen LogP contribution is -2.31. The summed E-state index contributed by atoms with van der Waals surface area (Å²) in [5.41, 5.74) is 2.85. The van der Waals surface area contributed by atoms with E-state index in [4.69, 9.17) is 0 Å². The van der Waals surface area contributed by atoms with E-state index in [2.05, 4.69) is 15.6 Å². The van der Waals surface area contributed by atoms with Crippen molar-refractivity contribution in [3.63, 3.8) is 0 Å². The average molecular weight is 343 g/mol. The molecule has 1 aromatic carbocycles. The second kappa shape index (κ2) is 9.08. The van der Waals surface area contributed by atoms with Gasteiger partial charge in [0.2, 0.25) is 11.8 Å². The van der Waals surface area contributed by atoms with Gasteiger partial charge in [-0.1, -0.05) is 23.8 Å². The number of nitrogens with one attached hydrogen (secondary N) is 2. The number of carbonyl (C=O) groups excluding carboxylic acids is 2. The lowest BCUT2D eigenvalue weighted by atomic mass is 10.2. The summed E-state index contributed by atoms with van der Waals surface area (Å²) in [5, 5.41) is 5.37. The molecule has 0 aliphatic rings. The van der Waals surface area contributed by atoms with Crippen LogP contribution >= 0.6 is 11.8 Å². The third kappa shape index (κ3) is 6.04. The van der Waals surface area contributed by atoms with Gasteiger partial charge in [-0.25, -0.2) is 0 Å². The molecule has 0 saturated heterocycles. The Morgan fingerprint density at radius 2 is 1.96 bits per heavy atom. The lowest BCUT2D eigenvalue weighted by molar-refractivity contribution is -0.120. The van der Waals surface area contributed by atoms with Crippen LogP contribution in [0.25, 0.3) is 0 Å². The molecule has 24 heavy (non-hydrogen) atoms. The fraction of sp³-hybridized carbons (Fsp3) is 0.278. The van der Waals surface area contributed by atoms with Crippen molar-refractivity contribution in [2.24, 2.45) is 0 Å². The highest BCUT2D eigenvalue weighted by molar-refractivity contribution is 8.01. The zero-order chi connectivity index (χ0) is 17.4. The zero-order valence-electron chi connectivity index (χ0n) is 13.8. The number of carbonyl (C=O) groups is 2. The standard InChI is InChI=1S/C18H21N3O2S/c1-13-5-7-16(8-6-13)21-17(22)12-24-14(2)18(23)20-11-15-4-3-9-19-10-15/h3-10,14H,11-12H2,1-2H3,(H,20,23)(H,21,22). The number of anilines is 1. The monoisotopic (exact) mass is 343 g/mol. The molecule has 0 saturated carbocycles. The number of pyridine rings is 1. The number of rotatable bonds is 7. The van der Waals surface area contributed by atoms with E-state index in [1.165, 1.54) is 11.8 Å². The number of aryl methyl sites for hydroxylation is 1. The second-order valence-electron chi connectivity index (χ2n) is 5.45. The van der Waals surface area contributed by atoms with Crippen LogP contribution in [0.3, 0.4) is 0 Å². The van der Waals surface area contributed by atoms with Crippen LogP contribution in [-0.4, -0.2) is 27.8 Å². The van der Waals surface area contributed by atoms with Crippen LogP contribution in [0.15, 0.2) is 48.8 Å². The van der Waals surface area contributed by atoms with Crippen LogP contribution in [0.4, 0.5) is 5.69 Å². The topological polar surface area (TPSA) is 71.1 Å². The molecule has 2 aromatic rings. The van der Waals surface area contributed by atoms with Gasteiger partial charge in [-0.05, 0) is 37.6 Å². The summed E-state index contributed by atoms with van der Waals surface area (Å²) in [6.45, 7) is 4.22. The van der Waals surface area contributed by atoms with Gasteiger partial charge < -0.3 is 10.6 Å². The van der Waals surface area contributed by atoms with Crippen LogP contribution in [0.1, 0.15) is 18.1 Å². The van der Waals surface area contributed by atoms with Gasteiger partial charge in [0.15, 0.2) is 0 Å². The summed E-state index contributed by atoms with van der Waals surface area (Å²) < 4.78 is 0. The molecule has 1 unspecified atom stereocenters. The van der Waals surface area contributed by atoms with Gasteiger partial charge in [0.25, 0.3) is 0 Å². The largest absolute Gasteiger partial charge is 0.351 e. The van der Waals surface area contributed by atoms with E-state index in [-0.39, 0.29) is 22.8 Å². The van der Waals surface area contributed by atoms with E-state index >= 15 is 0 Å². The van der Waals surface area contributed by atoms with Crippen molar-refractivity contribution in [3.8, 4) is 0 Å². The van der Waals surface area contributed by atoms with Crippen LogP contribution in [0.2, 0.25) is 0 Å². The lowest BCUT2D eigenvalue weighted by Gasteiger charge is -2.12. The summed E-state index contributed by atoms with van der Waals surface area (Å²) in [5.74, 6) is 0.0257. The molecule has 1 heterocycles. The maximum atomic E-state index is 12.0. The first-order valence-electron chi connectivity index (χ1n) is 7.69. The molecule has 126 valence electrons. The molecule has 0 spiro atoms. The number of benzene rings is 1. The quantitative estimate of drug-likeness (QED) is 0.811. The first kappa shape index (κ1) is 18.0. The molecule has 0 radical (unpaired) electrons. The first-order valence-corrected chi connectivity index (χ1v) is 8.74. The number of hydrogen-bond donors (Lipinski definition) is 2. The molecule has 2 N–H and O–H groups in total. The molecule has 0 aliphatic carbocycles. The van der Waals surface area contributed by atoms with Gasteiger partial charge in [-0.2, -0.15) is 0 Å². The van der Waals surface area contributed by atoms with Crippen LogP contribution in [0, 0.1) is 6.92 Å². The zero-order valence-corrected chi connectivity index (χ0v) is 14.6. The van der Waals surface area contributed by atoms with Crippen molar-refractivity contribution in [1.82, 2.24) is 10.3 Å². The normalized spacial score (nSPS) is 11.6. The minimum atomic E-state index is -0.301. The van der Waals surface area contributed by atoms with Gasteiger partial charge in [0, 0.05) is 24.6 Å². The Morgan fingerprint density at radius 3 is 2.62 bits per heavy atom. The summed E-state index contributed by atoms with van der Waals surface area (Å²) in [7, 11) is 0. The Labute approximate surface area is 146 Å². The average Bonchev–Trinajstić information content (AvgIpc) is 2.60. The second-order valence-corrected chi connectivity index (χ2v) is 6.78. The highest BCUT2D eigenvalue weighted by atomic mass is 32.2. The Balaban J connectivity index is 1.71. The Kier molecular flexibility index (Phi) is 6.81. The first-order chi connectivity index (χ1) is 11.5. The van der Waals surface area contributed by atoms with Crippen LogP contribution < -0.4 is 10.6 Å². The Morgan fingerprint density at radius 1 is 1.21 bits per heavy atom. The Bertz CT molecular complexity index is 674. The van der Waals surface area contributed by atoms with Gasteiger partial charge in [0.05, 0.1) is 11.0 Å². The van der Waals surface area contributed by atoms with Crippen molar-refractivity contribution in [2.75, 3.05) is 11.1 Å². The number of aromatic nitrogens is 1. The number of hydrogen-bond acceptors (Lipinski definition) is 4. The molecule has 5 nitrogen and oxygen atoms in total. The van der Waals surface area contributed by atoms with Gasteiger partial charge >= 0.3 is 0 Å². The van der Waals surface area contributed by atoms with E-state index in [1.54, 1.807) is 19.3 Å². The van der Waals surface area contributed by atoms with E-state index in [1.807, 2.05) is 43.3 Å². The van der Waals surface area contributed by atoms with Gasteiger partial charge in [0.1, 0.15) is 0 Å². The number of amides is 2. The SMILES string of the molecule is Cc1ccc(NC(=O)CSC(C)C(=O)NCc2cccnc2)cc1. The van der Waals surface area contributed by atoms with E-state index < -0.39 is 0 Å². The van der Waals surface area contributed by atoms with E-state index in [0.717, 1.165) is 16.8 Å². The molecule has 6 heteroatoms. The van der Waals surface area contributed by atoms with Crippen molar-refractivity contribution < 1.29 is 9.59 Å². The summed E-state index contributed by atoms with van der Waals surface area (Å²) in [4.78, 5) is 28.0. The van der Waals surface area contributed by atoms with Crippen molar-refractivity contribution in [3.05, 3.63) is 59.9 Å². The number of thioether (sulfide) groups is 1. The highest BCUT2D eigenvalue weighted by Crippen LogP contribution is 2.13. The molecule has 2 amide bonds. The third-order valence-corrected chi connectivity index (χ3v) is 4.50. The molecule has 1 atom stereocenters. The maximum absolute atomic E-state index is 12.0. The summed E-state index contributed by atoms with van der Waals surface area (Å²) in [6.07, 6.45) is 3.41. The van der Waals surface area contributed by atoms with Crippen LogP contribution in [-0.2, 0) is 16.1 Å². The fourth-order valence-corrected chi connectivity index (χ4v) is 2.65. The molecule has 0 aliphatic heterocycles. The van der Waals surface area contributed by atoms with E-state index in [0.29, 0.717) is 6.54 Å². The molecule has 0 fully saturated rings. The minimum absolute atomic E-state index is 0.0908. The van der Waals surface area contributed by atoms with Gasteiger partial charge in [-0.15, -0.1) is 11.8 Å². The highest BCUT2D eigenvalue weighted by Gasteiger charge is 2.15. The maximum Gasteiger partial charge on any atom is 0.234 e. The van der Waals surface area contributed by atoms with E-state index in [9.17, 15) is 9.59 Å². The van der Waals surface area contributed by atoms with Crippen molar-refractivity contribution in [2.45, 2.75) is 25.6 Å². The predicted molar refractivity (Wildman–Crippen MR) is 97.8 cm³/mol. The molecule has 2 rings (SSSR count). The smallest absolute Gasteiger partial charge is 0.234 e. The molecule has 0 bridgehead atoms. The van der Waals surface area contributed by atoms with Crippen molar-refractivity contribution in [1.29, 1.82) is 0 Å². The minimum Gasteiger partial charge on any atom is -0.351 e. The molecular weight excluding hydrogens is 322 g/mol. The van der Waals surface area contributed by atoms with Crippen LogP contribution in [0.5, 0.6) is 0 Å². The summed E-state index contributed by atoms with van der Waals surface area (Å²) >= 11 is 1.31. The van der Waals surface area contributed by atoms with Gasteiger partial charge in [-0.3, -0.25) is 14.6 Å². The fourth-order valence-electron chi connectivity index (χ4n) is 1.95. The summed E-state index contributed by atoms with van der Waals surface area (Å²) in [6, 6.07) is 11.3. The molecular formula is C18H21N3O2S. The Hall–Kier alpha value is -2.34. The van der Waals surface area contributed by atoms with Crippen molar-refractivity contribution >= 4 is 29.3 Å². The predicted octanol–water partition coefficient (Wildman–Crippen LogP) is 2.77.